The van der Waals surface area contributed by atoms with Gasteiger partial charge in [0.25, 0.3) is 0 Å². The monoisotopic (exact) mass is 414 g/mol. The summed E-state index contributed by atoms with van der Waals surface area (Å²) in [5.74, 6) is 0. The predicted octanol–water partition coefficient (Wildman–Crippen LogP) is 9.02. The van der Waals surface area contributed by atoms with E-state index in [4.69, 9.17) is 18.6 Å². The molecule has 0 rings (SSSR count). The van der Waals surface area contributed by atoms with Gasteiger partial charge in [0.15, 0.2) is 0 Å². The maximum absolute atomic E-state index is 4.89. The maximum atomic E-state index is 4.89. The van der Waals surface area contributed by atoms with Crippen molar-refractivity contribution < 1.29 is 17.0 Å². The van der Waals surface area contributed by atoms with Gasteiger partial charge in [0, 0.05) is 0 Å². The van der Waals surface area contributed by atoms with Crippen molar-refractivity contribution in [1.82, 2.24) is 0 Å². The van der Waals surface area contributed by atoms with Crippen molar-refractivity contribution in [3.63, 3.8) is 0 Å². The number of hydrogen-bond acceptors (Lipinski definition) is 0. The predicted molar refractivity (Wildman–Crippen MR) is 110 cm³/mol. The fourth-order valence-corrected chi connectivity index (χ4v) is 2.83. The molecule has 0 N–H and O–H groups in total. The zero-order valence-corrected chi connectivity index (χ0v) is 19.5. The van der Waals surface area contributed by atoms with E-state index in [1.165, 1.54) is 103 Å². The molecule has 0 spiro atoms. The van der Waals surface area contributed by atoms with Gasteiger partial charge in [-0.2, -0.15) is 0 Å². The van der Waals surface area contributed by atoms with Gasteiger partial charge in [-0.25, -0.2) is 0 Å². The second kappa shape index (κ2) is 29.0. The Morgan fingerprint density at radius 3 is 1.04 bits per heavy atom. The second-order valence-electron chi connectivity index (χ2n) is 6.69. The standard InChI is InChI=1S/C20H42N.2ClH.Ti/c1-3-5-7-9-11-13-15-17-19-21-20-18-16-14-12-10-8-6-4-2;;;/h3-20H2,1-2H3;2*1H;/q-1;;;+2/p-2. The van der Waals surface area contributed by atoms with Crippen molar-refractivity contribution in [2.45, 2.75) is 117 Å². The molecule has 0 aliphatic heterocycles. The van der Waals surface area contributed by atoms with Crippen LogP contribution in [0.3, 0.4) is 0 Å². The molecule has 24 heavy (non-hydrogen) atoms. The topological polar surface area (TPSA) is 14.1 Å². The van der Waals surface area contributed by atoms with Crippen LogP contribution in [0.15, 0.2) is 0 Å². The van der Waals surface area contributed by atoms with Gasteiger partial charge in [-0.15, -0.1) is 13.1 Å². The van der Waals surface area contributed by atoms with Crippen LogP contribution < -0.4 is 0 Å². The molecule has 0 fully saturated rings. The summed E-state index contributed by atoms with van der Waals surface area (Å²) in [5.41, 5.74) is 0. The number of unbranched alkanes of at least 4 members (excludes halogenated alkanes) is 14. The van der Waals surface area contributed by atoms with E-state index in [1.54, 1.807) is 0 Å². The molecule has 0 aromatic heterocycles. The van der Waals surface area contributed by atoms with Crippen LogP contribution in [0, 0.1) is 0 Å². The Bertz CT molecular complexity index is 176. The fraction of sp³-hybridized carbons (Fsp3) is 1.00. The van der Waals surface area contributed by atoms with Crippen LogP contribution in [0.1, 0.15) is 117 Å². The van der Waals surface area contributed by atoms with Crippen LogP contribution in [0.2, 0.25) is 0 Å². The summed E-state index contributed by atoms with van der Waals surface area (Å²) in [5, 5.41) is 4.67. The molecule has 146 valence electrons. The number of nitrogens with zero attached hydrogens (tertiary/aromatic N) is 1. The first-order valence-corrected chi connectivity index (χ1v) is 14.7. The summed E-state index contributed by atoms with van der Waals surface area (Å²) < 4.78 is 0. The average molecular weight is 415 g/mol. The van der Waals surface area contributed by atoms with Crippen LogP contribution in [-0.2, 0) is 17.0 Å². The minimum atomic E-state index is -0.556. The Labute approximate surface area is 170 Å². The third-order valence-electron chi connectivity index (χ3n) is 4.34. The number of halogens is 2. The molecular formula is C20H42Cl2NTi-. The summed E-state index contributed by atoms with van der Waals surface area (Å²) >= 11 is -0.556. The van der Waals surface area contributed by atoms with Crippen LogP contribution in [0.25, 0.3) is 5.32 Å². The fourth-order valence-electron chi connectivity index (χ4n) is 2.83. The van der Waals surface area contributed by atoms with E-state index >= 15 is 0 Å². The first kappa shape index (κ1) is 27.5. The van der Waals surface area contributed by atoms with Crippen LogP contribution >= 0.6 is 18.6 Å². The molecule has 1 nitrogen and oxygen atoms in total. The molecule has 0 saturated carbocycles. The molecule has 0 aromatic rings. The average Bonchev–Trinajstić information content (AvgIpc) is 2.58. The van der Waals surface area contributed by atoms with E-state index in [-0.39, 0.29) is 0 Å². The van der Waals surface area contributed by atoms with E-state index in [2.05, 4.69) is 19.2 Å². The molecule has 0 radical (unpaired) electrons. The van der Waals surface area contributed by atoms with Crippen LogP contribution in [0.4, 0.5) is 0 Å². The van der Waals surface area contributed by atoms with Crippen molar-refractivity contribution in [2.75, 3.05) is 13.1 Å². The van der Waals surface area contributed by atoms with E-state index in [9.17, 15) is 0 Å². The van der Waals surface area contributed by atoms with Crippen molar-refractivity contribution in [3.8, 4) is 0 Å². The molecule has 0 aliphatic carbocycles. The van der Waals surface area contributed by atoms with Gasteiger partial charge in [0.05, 0.1) is 0 Å². The van der Waals surface area contributed by atoms with Gasteiger partial charge in [0.1, 0.15) is 0 Å². The number of hydrogen-bond donors (Lipinski definition) is 0. The van der Waals surface area contributed by atoms with Gasteiger partial charge in [-0.3, -0.25) is 0 Å². The van der Waals surface area contributed by atoms with Gasteiger partial charge >= 0.3 is 35.6 Å². The van der Waals surface area contributed by atoms with E-state index in [0.29, 0.717) is 0 Å². The first-order chi connectivity index (χ1) is 11.8. The summed E-state index contributed by atoms with van der Waals surface area (Å²) in [6.07, 6.45) is 22.5. The van der Waals surface area contributed by atoms with Gasteiger partial charge < -0.3 is 5.32 Å². The Morgan fingerprint density at radius 1 is 0.500 bits per heavy atom. The molecular weight excluding hydrogens is 373 g/mol. The molecule has 0 heterocycles. The molecule has 0 aromatic carbocycles. The molecule has 4 heteroatoms. The molecule has 0 aliphatic rings. The summed E-state index contributed by atoms with van der Waals surface area (Å²) in [7, 11) is 9.78. The van der Waals surface area contributed by atoms with Crippen molar-refractivity contribution in [1.29, 1.82) is 0 Å². The Balaban J connectivity index is 0. The van der Waals surface area contributed by atoms with E-state index < -0.39 is 17.0 Å². The molecule has 0 saturated heterocycles. The van der Waals surface area contributed by atoms with E-state index in [0.717, 1.165) is 13.1 Å². The van der Waals surface area contributed by atoms with Crippen molar-refractivity contribution in [2.24, 2.45) is 0 Å². The van der Waals surface area contributed by atoms with Gasteiger partial charge in [0.2, 0.25) is 0 Å². The number of rotatable bonds is 18. The van der Waals surface area contributed by atoms with Crippen molar-refractivity contribution >= 4 is 18.6 Å². The Kier molecular flexibility index (Phi) is 33.2. The van der Waals surface area contributed by atoms with Crippen LogP contribution in [0.5, 0.6) is 0 Å². The minimum absolute atomic E-state index is 0.556. The third-order valence-corrected chi connectivity index (χ3v) is 4.34. The summed E-state index contributed by atoms with van der Waals surface area (Å²) in [4.78, 5) is 0. The summed E-state index contributed by atoms with van der Waals surface area (Å²) in [6.45, 7) is 6.80. The zero-order valence-electron chi connectivity index (χ0n) is 16.4. The molecule has 0 amide bonds. The first-order valence-electron chi connectivity index (χ1n) is 10.4. The van der Waals surface area contributed by atoms with E-state index in [1.807, 2.05) is 0 Å². The Morgan fingerprint density at radius 2 is 0.750 bits per heavy atom. The van der Waals surface area contributed by atoms with Gasteiger partial charge in [-0.1, -0.05) is 117 Å². The quantitative estimate of drug-likeness (QED) is 0.157. The SMILES string of the molecule is CCCCCCCCCC[N-]CCCCCCCCCC.[Cl][Ti][Cl]. The molecule has 0 bridgehead atoms. The second-order valence-corrected chi connectivity index (χ2v) is 9.27. The van der Waals surface area contributed by atoms with Crippen LogP contribution in [-0.4, -0.2) is 13.1 Å². The molecule has 0 unspecified atom stereocenters. The van der Waals surface area contributed by atoms with Crippen molar-refractivity contribution in [3.05, 3.63) is 5.32 Å². The molecule has 0 atom stereocenters. The zero-order chi connectivity index (χ0) is 18.1. The van der Waals surface area contributed by atoms with Gasteiger partial charge in [-0.05, 0) is 0 Å². The Hall–Kier alpha value is 1.25. The summed E-state index contributed by atoms with van der Waals surface area (Å²) in [6, 6.07) is 0. The third kappa shape index (κ3) is 31.1. The normalized spacial score (nSPS) is 10.3.